The molecule has 0 fully saturated rings. The van der Waals surface area contributed by atoms with Crippen molar-refractivity contribution in [1.29, 1.82) is 0 Å². The van der Waals surface area contributed by atoms with Crippen molar-refractivity contribution in [3.63, 3.8) is 0 Å². The minimum atomic E-state index is -0.343. The second kappa shape index (κ2) is 4.80. The van der Waals surface area contributed by atoms with Crippen LogP contribution in [0.25, 0.3) is 0 Å². The Bertz CT molecular complexity index is 471. The van der Waals surface area contributed by atoms with Crippen molar-refractivity contribution >= 4 is 23.2 Å². The molecule has 1 aromatic heterocycles. The number of nitrogens with one attached hydrogen (secondary N) is 2. The maximum absolute atomic E-state index is 6.10. The van der Waals surface area contributed by atoms with Gasteiger partial charge >= 0.3 is 0 Å². The lowest BCUT2D eigenvalue weighted by molar-refractivity contribution is 0.618. The Morgan fingerprint density at radius 3 is 2.81 bits per heavy atom. The Balaban J connectivity index is 2.45. The molecule has 0 saturated heterocycles. The molecule has 0 saturated carbocycles. The highest BCUT2D eigenvalue weighted by Crippen LogP contribution is 2.31. The summed E-state index contributed by atoms with van der Waals surface area (Å²) in [5, 5.41) is 11.1. The molecule has 4 N–H and O–H groups in total. The van der Waals surface area contributed by atoms with Crippen LogP contribution in [0.4, 0.5) is 0 Å². The molecule has 84 valence electrons. The first kappa shape index (κ1) is 11.3. The van der Waals surface area contributed by atoms with Gasteiger partial charge in [-0.05, 0) is 11.6 Å². The van der Waals surface area contributed by atoms with Gasteiger partial charge in [-0.15, -0.1) is 0 Å². The average Bonchev–Trinajstić information content (AvgIpc) is 2.79. The minimum Gasteiger partial charge on any atom is -0.271 e. The van der Waals surface area contributed by atoms with Gasteiger partial charge in [-0.2, -0.15) is 15.4 Å². The number of H-pyrrole nitrogens is 1. The molecule has 0 aliphatic heterocycles. The van der Waals surface area contributed by atoms with E-state index in [1.165, 1.54) is 0 Å². The van der Waals surface area contributed by atoms with Crippen molar-refractivity contribution in [3.05, 3.63) is 45.7 Å². The molecule has 0 spiro atoms. The first-order valence-corrected chi connectivity index (χ1v) is 5.25. The van der Waals surface area contributed by atoms with Crippen LogP contribution in [0.3, 0.4) is 0 Å². The highest BCUT2D eigenvalue weighted by molar-refractivity contribution is 6.42. The molecule has 5 nitrogen and oxygen atoms in total. The van der Waals surface area contributed by atoms with Crippen LogP contribution in [0.1, 0.15) is 17.3 Å². The van der Waals surface area contributed by atoms with Crippen molar-refractivity contribution in [1.82, 2.24) is 20.8 Å². The van der Waals surface area contributed by atoms with Crippen LogP contribution in [0.5, 0.6) is 0 Å². The number of aromatic amines is 1. The van der Waals surface area contributed by atoms with E-state index in [0.717, 1.165) is 5.56 Å². The third kappa shape index (κ3) is 2.03. The monoisotopic (exact) mass is 257 g/mol. The van der Waals surface area contributed by atoms with Gasteiger partial charge in [0.25, 0.3) is 0 Å². The van der Waals surface area contributed by atoms with Crippen molar-refractivity contribution in [3.8, 4) is 0 Å². The van der Waals surface area contributed by atoms with Gasteiger partial charge in [0.2, 0.25) is 0 Å². The summed E-state index contributed by atoms with van der Waals surface area (Å²) in [5.41, 5.74) is 4.02. The maximum Gasteiger partial charge on any atom is 0.105 e. The van der Waals surface area contributed by atoms with Crippen molar-refractivity contribution < 1.29 is 0 Å². The highest BCUT2D eigenvalue weighted by Gasteiger charge is 2.19. The minimum absolute atomic E-state index is 0.343. The number of hydrogen-bond donors (Lipinski definition) is 3. The Labute approximate surface area is 102 Å². The zero-order valence-corrected chi connectivity index (χ0v) is 9.63. The van der Waals surface area contributed by atoms with Crippen LogP contribution in [0, 0.1) is 0 Å². The van der Waals surface area contributed by atoms with E-state index in [4.69, 9.17) is 29.0 Å². The van der Waals surface area contributed by atoms with Crippen LogP contribution < -0.4 is 11.3 Å². The largest absolute Gasteiger partial charge is 0.271 e. The van der Waals surface area contributed by atoms with Crippen LogP contribution in [-0.2, 0) is 0 Å². The van der Waals surface area contributed by atoms with Gasteiger partial charge in [0.15, 0.2) is 0 Å². The number of benzene rings is 1. The summed E-state index contributed by atoms with van der Waals surface area (Å²) in [6.45, 7) is 0. The molecular formula is C9H9Cl2N5. The fourth-order valence-corrected chi connectivity index (χ4v) is 1.84. The van der Waals surface area contributed by atoms with Gasteiger partial charge in [-0.1, -0.05) is 35.3 Å². The number of halogens is 2. The van der Waals surface area contributed by atoms with E-state index in [9.17, 15) is 0 Å². The number of nitrogens with two attached hydrogens (primary N) is 1. The molecule has 1 heterocycles. The second-order valence-electron chi connectivity index (χ2n) is 3.14. The topological polar surface area (TPSA) is 79.6 Å². The Kier molecular flexibility index (Phi) is 3.40. The summed E-state index contributed by atoms with van der Waals surface area (Å²) in [4.78, 5) is 0. The summed E-state index contributed by atoms with van der Waals surface area (Å²) >= 11 is 12.0. The van der Waals surface area contributed by atoms with E-state index in [0.29, 0.717) is 15.7 Å². The predicted molar refractivity (Wildman–Crippen MR) is 62.0 cm³/mol. The first-order chi connectivity index (χ1) is 7.74. The molecule has 2 rings (SSSR count). The standard InChI is InChI=1S/C9H9Cl2N5/c10-6-3-1-2-5(8(6)11)9(14-12)7-4-13-16-15-7/h1-4,9,14H,12H2,(H,13,15,16). The lowest BCUT2D eigenvalue weighted by atomic mass is 10.1. The number of rotatable bonds is 3. The van der Waals surface area contributed by atoms with Gasteiger partial charge in [-0.25, -0.2) is 5.43 Å². The fraction of sp³-hybridized carbons (Fsp3) is 0.111. The lowest BCUT2D eigenvalue weighted by Crippen LogP contribution is -2.29. The number of hydrazine groups is 1. The molecule has 0 bridgehead atoms. The van der Waals surface area contributed by atoms with Gasteiger partial charge in [0, 0.05) is 0 Å². The number of hydrogen-bond acceptors (Lipinski definition) is 4. The SMILES string of the molecule is NNC(c1cn[nH]n1)c1cccc(Cl)c1Cl. The van der Waals surface area contributed by atoms with E-state index in [2.05, 4.69) is 20.8 Å². The smallest absolute Gasteiger partial charge is 0.105 e. The summed E-state index contributed by atoms with van der Waals surface area (Å²) in [6.07, 6.45) is 1.57. The van der Waals surface area contributed by atoms with Gasteiger partial charge in [-0.3, -0.25) is 5.84 Å². The Morgan fingerprint density at radius 2 is 2.19 bits per heavy atom. The third-order valence-electron chi connectivity index (χ3n) is 2.19. The van der Waals surface area contributed by atoms with Crippen molar-refractivity contribution in [2.24, 2.45) is 5.84 Å². The number of aromatic nitrogens is 3. The highest BCUT2D eigenvalue weighted by atomic mass is 35.5. The Hall–Kier alpha value is -1.14. The van der Waals surface area contributed by atoms with E-state index >= 15 is 0 Å². The molecule has 1 atom stereocenters. The Morgan fingerprint density at radius 1 is 1.38 bits per heavy atom. The molecule has 1 unspecified atom stereocenters. The van der Waals surface area contributed by atoms with Crippen molar-refractivity contribution in [2.45, 2.75) is 6.04 Å². The molecule has 7 heteroatoms. The summed E-state index contributed by atoms with van der Waals surface area (Å²) < 4.78 is 0. The van der Waals surface area contributed by atoms with Crippen LogP contribution in [0.2, 0.25) is 10.0 Å². The third-order valence-corrected chi connectivity index (χ3v) is 3.02. The van der Waals surface area contributed by atoms with Gasteiger partial charge < -0.3 is 0 Å². The molecule has 1 aromatic carbocycles. The number of nitrogens with zero attached hydrogens (tertiary/aromatic N) is 2. The summed E-state index contributed by atoms with van der Waals surface area (Å²) in [5.74, 6) is 5.48. The zero-order valence-electron chi connectivity index (χ0n) is 8.11. The molecule has 16 heavy (non-hydrogen) atoms. The maximum atomic E-state index is 6.10. The van der Waals surface area contributed by atoms with Crippen LogP contribution >= 0.6 is 23.2 Å². The summed E-state index contributed by atoms with van der Waals surface area (Å²) in [7, 11) is 0. The predicted octanol–water partition coefficient (Wildman–Crippen LogP) is 1.66. The van der Waals surface area contributed by atoms with E-state index in [1.807, 2.05) is 6.07 Å². The normalized spacial score (nSPS) is 12.7. The fourth-order valence-electron chi connectivity index (χ4n) is 1.43. The van der Waals surface area contributed by atoms with Gasteiger partial charge in [0.1, 0.15) is 5.69 Å². The molecule has 2 aromatic rings. The van der Waals surface area contributed by atoms with E-state index in [1.54, 1.807) is 18.3 Å². The van der Waals surface area contributed by atoms with Crippen LogP contribution in [-0.4, -0.2) is 15.4 Å². The van der Waals surface area contributed by atoms with Gasteiger partial charge in [0.05, 0.1) is 22.3 Å². The molecule has 0 radical (unpaired) electrons. The molecular weight excluding hydrogens is 249 g/mol. The lowest BCUT2D eigenvalue weighted by Gasteiger charge is -2.15. The quantitative estimate of drug-likeness (QED) is 0.577. The van der Waals surface area contributed by atoms with Crippen LogP contribution in [0.15, 0.2) is 24.4 Å². The average molecular weight is 258 g/mol. The zero-order chi connectivity index (χ0) is 11.5. The molecule has 0 aliphatic carbocycles. The molecule has 0 amide bonds. The first-order valence-electron chi connectivity index (χ1n) is 4.49. The second-order valence-corrected chi connectivity index (χ2v) is 3.92. The van der Waals surface area contributed by atoms with E-state index < -0.39 is 0 Å². The molecule has 0 aliphatic rings. The van der Waals surface area contributed by atoms with Crippen molar-refractivity contribution in [2.75, 3.05) is 0 Å². The summed E-state index contributed by atoms with van der Waals surface area (Å²) in [6, 6.07) is 5.00. The van der Waals surface area contributed by atoms with E-state index in [-0.39, 0.29) is 6.04 Å².